The molecule has 312 valence electrons. The Morgan fingerprint density at radius 2 is 0.810 bits per heavy atom. The van der Waals surface area contributed by atoms with Crippen LogP contribution in [0.5, 0.6) is 0 Å². The predicted octanol–water partition coefficient (Wildman–Crippen LogP) is 17.4. The van der Waals surface area contributed by atoms with Gasteiger partial charge < -0.3 is 4.90 Å². The topological polar surface area (TPSA) is 3.24 Å². The first kappa shape index (κ1) is 40.6. The standard InChI is InChI=1S/C62H59N/c1-59(2,3)44-35-43(36-45(37-44)60(4,5)6)40-27-29-42(30-28-40)49-23-18-25-54-58(49)52-34-32-47(39-56(52)62(54,9)10)63(57-26-17-15-21-48(57)41-19-12-11-13-20-41)46-31-33-51-50-22-14-16-24-53(50)61(7,8)55(51)38-46/h11-39H,1-10H3. The van der Waals surface area contributed by atoms with E-state index in [1.807, 2.05) is 0 Å². The highest BCUT2D eigenvalue weighted by Gasteiger charge is 2.39. The van der Waals surface area contributed by atoms with Crippen LogP contribution in [0.3, 0.4) is 0 Å². The van der Waals surface area contributed by atoms with E-state index in [2.05, 4.69) is 250 Å². The number of fused-ring (bicyclic) bond motifs is 6. The molecule has 1 nitrogen and oxygen atoms in total. The maximum Gasteiger partial charge on any atom is 0.0540 e. The lowest BCUT2D eigenvalue weighted by molar-refractivity contribution is 0.569. The van der Waals surface area contributed by atoms with Crippen LogP contribution in [0.15, 0.2) is 176 Å². The summed E-state index contributed by atoms with van der Waals surface area (Å²) < 4.78 is 0. The van der Waals surface area contributed by atoms with Gasteiger partial charge in [-0.05, 0) is 125 Å². The lowest BCUT2D eigenvalue weighted by Crippen LogP contribution is -2.18. The largest absolute Gasteiger partial charge is 0.310 e. The van der Waals surface area contributed by atoms with Crippen molar-refractivity contribution in [1.82, 2.24) is 0 Å². The van der Waals surface area contributed by atoms with Crippen LogP contribution in [-0.2, 0) is 21.7 Å². The summed E-state index contributed by atoms with van der Waals surface area (Å²) >= 11 is 0. The van der Waals surface area contributed by atoms with Gasteiger partial charge in [0.05, 0.1) is 5.69 Å². The smallest absolute Gasteiger partial charge is 0.0540 e. The number of hydrogen-bond acceptors (Lipinski definition) is 1. The predicted molar refractivity (Wildman–Crippen MR) is 270 cm³/mol. The van der Waals surface area contributed by atoms with Crippen LogP contribution in [0.25, 0.3) is 55.6 Å². The Morgan fingerprint density at radius 1 is 0.333 bits per heavy atom. The van der Waals surface area contributed by atoms with Crippen molar-refractivity contribution in [2.75, 3.05) is 4.90 Å². The third-order valence-corrected chi connectivity index (χ3v) is 14.2. The van der Waals surface area contributed by atoms with Crippen LogP contribution in [0.1, 0.15) is 103 Å². The molecule has 0 atom stereocenters. The van der Waals surface area contributed by atoms with Crippen molar-refractivity contribution >= 4 is 17.1 Å². The Labute approximate surface area is 376 Å². The monoisotopic (exact) mass is 817 g/mol. The third kappa shape index (κ3) is 6.76. The quantitative estimate of drug-likeness (QED) is 0.162. The van der Waals surface area contributed by atoms with Gasteiger partial charge in [-0.2, -0.15) is 0 Å². The van der Waals surface area contributed by atoms with E-state index in [0.29, 0.717) is 0 Å². The first-order valence-electron chi connectivity index (χ1n) is 22.8. The molecule has 0 heterocycles. The molecule has 0 amide bonds. The molecule has 0 N–H and O–H groups in total. The highest BCUT2D eigenvalue weighted by molar-refractivity contribution is 5.96. The Hall–Kier alpha value is -6.44. The van der Waals surface area contributed by atoms with E-state index in [1.54, 1.807) is 0 Å². The highest BCUT2D eigenvalue weighted by Crippen LogP contribution is 2.55. The van der Waals surface area contributed by atoms with Crippen molar-refractivity contribution in [3.05, 3.63) is 209 Å². The minimum atomic E-state index is -0.209. The van der Waals surface area contributed by atoms with Gasteiger partial charge in [0.2, 0.25) is 0 Å². The van der Waals surface area contributed by atoms with E-state index in [4.69, 9.17) is 0 Å². The zero-order valence-corrected chi connectivity index (χ0v) is 38.7. The molecule has 0 fully saturated rings. The second kappa shape index (κ2) is 14.6. The van der Waals surface area contributed by atoms with Gasteiger partial charge >= 0.3 is 0 Å². The summed E-state index contributed by atoms with van der Waals surface area (Å²) in [6.45, 7) is 23.4. The fourth-order valence-electron chi connectivity index (χ4n) is 10.4. The van der Waals surface area contributed by atoms with Gasteiger partial charge in [0.25, 0.3) is 0 Å². The van der Waals surface area contributed by atoms with Crippen LogP contribution >= 0.6 is 0 Å². The molecule has 0 saturated heterocycles. The van der Waals surface area contributed by atoms with E-state index in [9.17, 15) is 0 Å². The molecule has 0 unspecified atom stereocenters. The molecule has 8 aromatic carbocycles. The molecule has 8 aromatic rings. The fourth-order valence-corrected chi connectivity index (χ4v) is 10.4. The molecule has 2 aliphatic rings. The molecule has 10 rings (SSSR count). The van der Waals surface area contributed by atoms with E-state index in [-0.39, 0.29) is 21.7 Å². The van der Waals surface area contributed by atoms with Gasteiger partial charge in [0.15, 0.2) is 0 Å². The van der Waals surface area contributed by atoms with Crippen LogP contribution in [0.2, 0.25) is 0 Å². The van der Waals surface area contributed by atoms with E-state index in [0.717, 1.165) is 17.1 Å². The van der Waals surface area contributed by atoms with Crippen molar-refractivity contribution in [3.63, 3.8) is 0 Å². The number of hydrogen-bond donors (Lipinski definition) is 0. The zero-order chi connectivity index (χ0) is 44.1. The molecule has 2 aliphatic carbocycles. The maximum absolute atomic E-state index is 2.50. The van der Waals surface area contributed by atoms with Crippen molar-refractivity contribution in [1.29, 1.82) is 0 Å². The Kier molecular flexibility index (Phi) is 9.39. The maximum atomic E-state index is 2.50. The minimum Gasteiger partial charge on any atom is -0.310 e. The summed E-state index contributed by atoms with van der Waals surface area (Å²) in [5.41, 5.74) is 24.3. The molecule has 1 heteroatoms. The summed E-state index contributed by atoms with van der Waals surface area (Å²) in [6, 6.07) is 66.4. The average molecular weight is 818 g/mol. The number of para-hydroxylation sites is 1. The first-order chi connectivity index (χ1) is 30.0. The van der Waals surface area contributed by atoms with Gasteiger partial charge in [0.1, 0.15) is 0 Å². The van der Waals surface area contributed by atoms with Crippen LogP contribution < -0.4 is 4.90 Å². The van der Waals surface area contributed by atoms with Gasteiger partial charge in [-0.1, -0.05) is 215 Å². The minimum absolute atomic E-state index is 0.0630. The lowest BCUT2D eigenvalue weighted by atomic mass is 9.79. The molecule has 0 aromatic heterocycles. The van der Waals surface area contributed by atoms with E-state index >= 15 is 0 Å². The Morgan fingerprint density at radius 3 is 1.46 bits per heavy atom. The molecule has 0 saturated carbocycles. The van der Waals surface area contributed by atoms with E-state index in [1.165, 1.54) is 89.0 Å². The highest BCUT2D eigenvalue weighted by atomic mass is 15.1. The summed E-state index contributed by atoms with van der Waals surface area (Å²) in [5.74, 6) is 0. The number of rotatable bonds is 6. The first-order valence-corrected chi connectivity index (χ1v) is 22.8. The second-order valence-electron chi connectivity index (χ2n) is 21.1. The number of anilines is 3. The Balaban J connectivity index is 1.10. The molecular formula is C62H59N. The molecule has 0 radical (unpaired) electrons. The second-order valence-corrected chi connectivity index (χ2v) is 21.1. The molecule has 0 aliphatic heterocycles. The zero-order valence-electron chi connectivity index (χ0n) is 38.7. The summed E-state index contributed by atoms with van der Waals surface area (Å²) in [4.78, 5) is 2.50. The van der Waals surface area contributed by atoms with Crippen molar-refractivity contribution in [2.24, 2.45) is 0 Å². The molecular weight excluding hydrogens is 759 g/mol. The molecule has 63 heavy (non-hydrogen) atoms. The van der Waals surface area contributed by atoms with Crippen molar-refractivity contribution < 1.29 is 0 Å². The Bertz CT molecular complexity index is 3020. The average Bonchev–Trinajstić information content (AvgIpc) is 3.65. The number of benzene rings is 8. The SMILES string of the molecule is CC(C)(C)c1cc(-c2ccc(-c3cccc4c3-c3ccc(N(c5ccc6c(c5)C(C)(C)c5ccccc5-6)c5ccccc5-c5ccccc5)cc3C4(C)C)cc2)cc(C(C)(C)C)c1. The van der Waals surface area contributed by atoms with Gasteiger partial charge in [0, 0.05) is 27.8 Å². The van der Waals surface area contributed by atoms with Gasteiger partial charge in [-0.15, -0.1) is 0 Å². The van der Waals surface area contributed by atoms with E-state index < -0.39 is 0 Å². The van der Waals surface area contributed by atoms with Crippen molar-refractivity contribution in [3.8, 4) is 55.6 Å². The molecule has 0 bridgehead atoms. The van der Waals surface area contributed by atoms with Gasteiger partial charge in [-0.25, -0.2) is 0 Å². The fraction of sp³-hybridized carbons (Fsp3) is 0.226. The lowest BCUT2D eigenvalue weighted by Gasteiger charge is -2.31. The summed E-state index contributed by atoms with van der Waals surface area (Å²) in [5, 5.41) is 0. The number of nitrogens with zero attached hydrogens (tertiary/aromatic N) is 1. The van der Waals surface area contributed by atoms with Crippen LogP contribution in [-0.4, -0.2) is 0 Å². The van der Waals surface area contributed by atoms with Crippen molar-refractivity contribution in [2.45, 2.75) is 90.9 Å². The summed E-state index contributed by atoms with van der Waals surface area (Å²) in [6.07, 6.45) is 0. The molecule has 0 spiro atoms. The van der Waals surface area contributed by atoms with Gasteiger partial charge in [-0.3, -0.25) is 0 Å². The van der Waals surface area contributed by atoms with Crippen LogP contribution in [0.4, 0.5) is 17.1 Å². The normalized spacial score (nSPS) is 14.4. The summed E-state index contributed by atoms with van der Waals surface area (Å²) in [7, 11) is 0. The third-order valence-electron chi connectivity index (χ3n) is 14.2. The van der Waals surface area contributed by atoms with Crippen LogP contribution in [0, 0.1) is 0 Å².